The number of amides is 2. The van der Waals surface area contributed by atoms with Gasteiger partial charge in [0, 0.05) is 49.7 Å². The first kappa shape index (κ1) is 26.3. The number of anilines is 2. The molecule has 194 valence electrons. The van der Waals surface area contributed by atoms with Gasteiger partial charge in [0.1, 0.15) is 5.82 Å². The maximum Gasteiger partial charge on any atom is 0.417 e. The van der Waals surface area contributed by atoms with Gasteiger partial charge in [0.25, 0.3) is 11.8 Å². The van der Waals surface area contributed by atoms with Crippen LogP contribution in [0.4, 0.5) is 24.7 Å². The van der Waals surface area contributed by atoms with E-state index in [1.165, 1.54) is 19.1 Å². The molecule has 1 fully saturated rings. The van der Waals surface area contributed by atoms with Crippen LogP contribution >= 0.6 is 0 Å². The van der Waals surface area contributed by atoms with Gasteiger partial charge in [0.2, 0.25) is 0 Å². The van der Waals surface area contributed by atoms with Crippen molar-refractivity contribution in [3.63, 3.8) is 0 Å². The van der Waals surface area contributed by atoms with Crippen LogP contribution in [0.2, 0.25) is 0 Å². The van der Waals surface area contributed by atoms with Crippen molar-refractivity contribution in [2.45, 2.75) is 38.8 Å². The number of carbonyl (C=O) groups excluding carboxylic acids is 2. The van der Waals surface area contributed by atoms with Gasteiger partial charge in [-0.3, -0.25) is 19.5 Å². The molecular formula is C26H27F3N6O2. The maximum absolute atomic E-state index is 13.4. The van der Waals surface area contributed by atoms with Gasteiger partial charge < -0.3 is 4.90 Å². The topological polar surface area (TPSA) is 93.4 Å². The number of imide groups is 1. The number of halogens is 3. The Labute approximate surface area is 213 Å². The third kappa shape index (κ3) is 5.80. The number of hydrogen-bond donors (Lipinski definition) is 0. The lowest BCUT2D eigenvalue weighted by atomic mass is 10.0. The van der Waals surface area contributed by atoms with E-state index in [0.717, 1.165) is 62.3 Å². The standard InChI is InChI=1S/C26H27F3N6O2/c1-18-21(5-3-2-4-10-33-11-13-34(14-12-33)23-17-31-8-9-32-23)25(37)35(24(18)36)20-7-6-19(16-30)22(15-20)26(27,28)29/h6-9,15,17H,2-5,10-14H2,1H3. The van der Waals surface area contributed by atoms with Gasteiger partial charge in [-0.25, -0.2) is 9.88 Å². The highest BCUT2D eigenvalue weighted by Crippen LogP contribution is 2.37. The normalized spacial score (nSPS) is 17.1. The quantitative estimate of drug-likeness (QED) is 0.391. The van der Waals surface area contributed by atoms with E-state index < -0.39 is 29.1 Å². The lowest BCUT2D eigenvalue weighted by Crippen LogP contribution is -2.46. The molecule has 1 aromatic heterocycles. The van der Waals surface area contributed by atoms with E-state index in [-0.39, 0.29) is 11.3 Å². The minimum atomic E-state index is -4.78. The fourth-order valence-corrected chi connectivity index (χ4v) is 4.69. The van der Waals surface area contributed by atoms with Crippen LogP contribution in [0.1, 0.15) is 43.7 Å². The summed E-state index contributed by atoms with van der Waals surface area (Å²) < 4.78 is 40.1. The summed E-state index contributed by atoms with van der Waals surface area (Å²) in [4.78, 5) is 39.5. The molecule has 2 aliphatic rings. The number of unbranched alkanes of at least 4 members (excludes halogenated alkanes) is 2. The first-order chi connectivity index (χ1) is 17.7. The SMILES string of the molecule is CC1=C(CCCCCN2CCN(c3cnccn3)CC2)C(=O)N(c2ccc(C#N)c(C(F)(F)F)c2)C1=O. The molecule has 0 atom stereocenters. The van der Waals surface area contributed by atoms with Gasteiger partial charge in [-0.15, -0.1) is 0 Å². The average Bonchev–Trinajstić information content (AvgIpc) is 3.11. The number of carbonyl (C=O) groups is 2. The van der Waals surface area contributed by atoms with E-state index in [0.29, 0.717) is 24.5 Å². The zero-order valence-corrected chi connectivity index (χ0v) is 20.5. The van der Waals surface area contributed by atoms with Crippen LogP contribution in [0, 0.1) is 11.3 Å². The highest BCUT2D eigenvalue weighted by atomic mass is 19.4. The van der Waals surface area contributed by atoms with Gasteiger partial charge >= 0.3 is 6.18 Å². The average molecular weight is 513 g/mol. The van der Waals surface area contributed by atoms with Crippen LogP contribution in [0.25, 0.3) is 0 Å². The number of rotatable bonds is 8. The molecule has 0 N–H and O–H groups in total. The second-order valence-electron chi connectivity index (χ2n) is 9.09. The van der Waals surface area contributed by atoms with Gasteiger partial charge in [-0.1, -0.05) is 6.42 Å². The number of hydrogen-bond acceptors (Lipinski definition) is 7. The molecule has 1 aromatic carbocycles. The van der Waals surface area contributed by atoms with Crippen molar-refractivity contribution in [3.8, 4) is 6.07 Å². The summed E-state index contributed by atoms with van der Waals surface area (Å²) in [5, 5.41) is 8.99. The van der Waals surface area contributed by atoms with Crippen molar-refractivity contribution in [2.24, 2.45) is 0 Å². The van der Waals surface area contributed by atoms with Gasteiger partial charge in [-0.2, -0.15) is 18.4 Å². The molecule has 8 nitrogen and oxygen atoms in total. The summed E-state index contributed by atoms with van der Waals surface area (Å²) >= 11 is 0. The number of aromatic nitrogens is 2. The van der Waals surface area contributed by atoms with Crippen molar-refractivity contribution in [1.29, 1.82) is 5.26 Å². The largest absolute Gasteiger partial charge is 0.417 e. The summed E-state index contributed by atoms with van der Waals surface area (Å²) in [6.07, 6.45) is 3.20. The number of nitrogens with zero attached hydrogens (tertiary/aromatic N) is 6. The zero-order chi connectivity index (χ0) is 26.6. The Balaban J connectivity index is 1.27. The predicted molar refractivity (Wildman–Crippen MR) is 131 cm³/mol. The Morgan fingerprint density at radius 1 is 1.03 bits per heavy atom. The van der Waals surface area contributed by atoms with Crippen LogP contribution in [0.5, 0.6) is 0 Å². The second-order valence-corrected chi connectivity index (χ2v) is 9.09. The highest BCUT2D eigenvalue weighted by Gasteiger charge is 2.39. The first-order valence-corrected chi connectivity index (χ1v) is 12.1. The van der Waals surface area contributed by atoms with Crippen LogP contribution in [0.15, 0.2) is 47.9 Å². The number of benzene rings is 1. The maximum atomic E-state index is 13.4. The molecule has 0 spiro atoms. The van der Waals surface area contributed by atoms with Gasteiger partial charge in [-0.05, 0) is 50.9 Å². The molecule has 2 aliphatic heterocycles. The van der Waals surface area contributed by atoms with Crippen LogP contribution in [-0.4, -0.2) is 59.4 Å². The minimum absolute atomic E-state index is 0.184. The lowest BCUT2D eigenvalue weighted by molar-refractivity contribution is -0.138. The molecule has 37 heavy (non-hydrogen) atoms. The molecule has 2 aromatic rings. The van der Waals surface area contributed by atoms with Crippen LogP contribution < -0.4 is 9.80 Å². The smallest absolute Gasteiger partial charge is 0.353 e. The molecule has 0 bridgehead atoms. The number of piperazine rings is 1. The molecule has 0 unspecified atom stereocenters. The molecular weight excluding hydrogens is 485 g/mol. The van der Waals surface area contributed by atoms with E-state index in [4.69, 9.17) is 5.26 Å². The summed E-state index contributed by atoms with van der Waals surface area (Å²) in [6.45, 7) is 6.06. The van der Waals surface area contributed by atoms with Crippen molar-refractivity contribution in [3.05, 3.63) is 59.1 Å². The van der Waals surface area contributed by atoms with Gasteiger partial charge in [0.15, 0.2) is 0 Å². The van der Waals surface area contributed by atoms with Crippen LogP contribution in [0.3, 0.4) is 0 Å². The van der Waals surface area contributed by atoms with Crippen molar-refractivity contribution in [2.75, 3.05) is 42.5 Å². The van der Waals surface area contributed by atoms with E-state index in [1.807, 2.05) is 0 Å². The number of nitriles is 1. The Kier molecular flexibility index (Phi) is 7.88. The summed E-state index contributed by atoms with van der Waals surface area (Å²) in [6, 6.07) is 4.38. The van der Waals surface area contributed by atoms with E-state index in [1.54, 1.807) is 18.6 Å². The Morgan fingerprint density at radius 2 is 1.78 bits per heavy atom. The Hall–Kier alpha value is -3.78. The van der Waals surface area contributed by atoms with Crippen molar-refractivity contribution < 1.29 is 22.8 Å². The molecule has 2 amide bonds. The van der Waals surface area contributed by atoms with Crippen molar-refractivity contribution in [1.82, 2.24) is 14.9 Å². The minimum Gasteiger partial charge on any atom is -0.353 e. The third-order valence-corrected chi connectivity index (χ3v) is 6.77. The lowest BCUT2D eigenvalue weighted by Gasteiger charge is -2.35. The summed E-state index contributed by atoms with van der Waals surface area (Å²) in [7, 11) is 0. The van der Waals surface area contributed by atoms with E-state index >= 15 is 0 Å². The Bertz CT molecular complexity index is 1230. The molecule has 0 aliphatic carbocycles. The monoisotopic (exact) mass is 512 g/mol. The number of alkyl halides is 3. The van der Waals surface area contributed by atoms with E-state index in [2.05, 4.69) is 19.8 Å². The molecule has 4 rings (SSSR count). The highest BCUT2D eigenvalue weighted by molar-refractivity contribution is 6.32. The second kappa shape index (κ2) is 11.1. The molecule has 3 heterocycles. The fraction of sp³-hybridized carbons (Fsp3) is 0.423. The molecule has 11 heteroatoms. The zero-order valence-electron chi connectivity index (χ0n) is 20.5. The van der Waals surface area contributed by atoms with Gasteiger partial charge in [0.05, 0.1) is 29.1 Å². The molecule has 1 saturated heterocycles. The molecule has 0 radical (unpaired) electrons. The van der Waals surface area contributed by atoms with E-state index in [9.17, 15) is 22.8 Å². The predicted octanol–water partition coefficient (Wildman–Crippen LogP) is 3.94. The fourth-order valence-electron chi connectivity index (χ4n) is 4.69. The van der Waals surface area contributed by atoms with Crippen molar-refractivity contribution >= 4 is 23.3 Å². The summed E-state index contributed by atoms with van der Waals surface area (Å²) in [5.41, 5.74) is -1.33. The Morgan fingerprint density at radius 3 is 2.43 bits per heavy atom. The third-order valence-electron chi connectivity index (χ3n) is 6.77. The first-order valence-electron chi connectivity index (χ1n) is 12.1. The summed E-state index contributed by atoms with van der Waals surface area (Å²) in [5.74, 6) is -0.342. The van der Waals surface area contributed by atoms with Crippen LogP contribution in [-0.2, 0) is 15.8 Å². The molecule has 0 saturated carbocycles.